The summed E-state index contributed by atoms with van der Waals surface area (Å²) in [6.07, 6.45) is 17.9. The Bertz CT molecular complexity index is 952. The first-order chi connectivity index (χ1) is 13.4. The van der Waals surface area contributed by atoms with Crippen LogP contribution in [0.5, 0.6) is 0 Å². The summed E-state index contributed by atoms with van der Waals surface area (Å²) in [5.74, 6) is 0.808. The molecule has 1 saturated carbocycles. The Balaban J connectivity index is 1.47. The largest absolute Gasteiger partial charge is 0.351 e. The molecule has 3 aromatic heterocycles. The number of pyridine rings is 1. The van der Waals surface area contributed by atoms with Crippen LogP contribution >= 0.6 is 11.3 Å². The zero-order valence-electron chi connectivity index (χ0n) is 15.4. The van der Waals surface area contributed by atoms with Crippen molar-refractivity contribution >= 4 is 32.9 Å². The SMILES string of the molecule is C1=C(c2cc3cnccc3s2)c2cnc(NC3CCCCC3)nc2CCC1. The molecule has 0 aromatic carbocycles. The number of aromatic nitrogens is 3. The predicted molar refractivity (Wildman–Crippen MR) is 112 cm³/mol. The highest BCUT2D eigenvalue weighted by atomic mass is 32.1. The third kappa shape index (κ3) is 3.48. The molecule has 2 aliphatic carbocycles. The molecule has 3 heterocycles. The number of nitrogens with zero attached hydrogens (tertiary/aromatic N) is 3. The zero-order chi connectivity index (χ0) is 18.1. The van der Waals surface area contributed by atoms with Crippen molar-refractivity contribution in [2.75, 3.05) is 5.32 Å². The first-order valence-corrected chi connectivity index (χ1v) is 10.9. The van der Waals surface area contributed by atoms with Crippen LogP contribution in [-0.4, -0.2) is 21.0 Å². The van der Waals surface area contributed by atoms with Gasteiger partial charge in [0.1, 0.15) is 0 Å². The first-order valence-electron chi connectivity index (χ1n) is 10.0. The van der Waals surface area contributed by atoms with E-state index in [2.05, 4.69) is 33.5 Å². The maximum Gasteiger partial charge on any atom is 0.223 e. The van der Waals surface area contributed by atoms with Crippen LogP contribution in [0.25, 0.3) is 15.7 Å². The quantitative estimate of drug-likeness (QED) is 0.646. The number of thiophene rings is 1. The molecular formula is C22H24N4S. The van der Waals surface area contributed by atoms with Crippen LogP contribution in [0.2, 0.25) is 0 Å². The Kier molecular flexibility index (Phi) is 4.62. The number of nitrogens with one attached hydrogen (secondary N) is 1. The fourth-order valence-electron chi connectivity index (χ4n) is 4.21. The molecule has 0 radical (unpaired) electrons. The molecule has 27 heavy (non-hydrogen) atoms. The maximum absolute atomic E-state index is 4.93. The molecule has 1 fully saturated rings. The van der Waals surface area contributed by atoms with Gasteiger partial charge in [0.05, 0.1) is 5.69 Å². The van der Waals surface area contributed by atoms with Gasteiger partial charge in [-0.2, -0.15) is 0 Å². The van der Waals surface area contributed by atoms with Crippen molar-refractivity contribution < 1.29 is 0 Å². The number of hydrogen-bond donors (Lipinski definition) is 1. The van der Waals surface area contributed by atoms with E-state index in [1.165, 1.54) is 63.9 Å². The molecule has 0 spiro atoms. The molecule has 1 N–H and O–H groups in total. The predicted octanol–water partition coefficient (Wildman–Crippen LogP) is 5.60. The van der Waals surface area contributed by atoms with E-state index in [1.54, 1.807) is 0 Å². The Labute approximate surface area is 163 Å². The Morgan fingerprint density at radius 2 is 2.00 bits per heavy atom. The van der Waals surface area contributed by atoms with E-state index >= 15 is 0 Å². The lowest BCUT2D eigenvalue weighted by molar-refractivity contribution is 0.460. The van der Waals surface area contributed by atoms with Crippen LogP contribution in [-0.2, 0) is 6.42 Å². The Morgan fingerprint density at radius 3 is 2.89 bits per heavy atom. The summed E-state index contributed by atoms with van der Waals surface area (Å²) in [6, 6.07) is 4.88. The van der Waals surface area contributed by atoms with Gasteiger partial charge in [0.2, 0.25) is 5.95 Å². The van der Waals surface area contributed by atoms with Crippen molar-refractivity contribution in [3.05, 3.63) is 52.9 Å². The second-order valence-electron chi connectivity index (χ2n) is 7.57. The molecule has 0 atom stereocenters. The van der Waals surface area contributed by atoms with Crippen LogP contribution in [0, 0.1) is 0 Å². The molecule has 0 amide bonds. The van der Waals surface area contributed by atoms with Crippen molar-refractivity contribution in [3.63, 3.8) is 0 Å². The second kappa shape index (κ2) is 7.39. The third-order valence-electron chi connectivity index (χ3n) is 5.64. The molecular weight excluding hydrogens is 352 g/mol. The Hall–Kier alpha value is -2.27. The minimum Gasteiger partial charge on any atom is -0.351 e. The number of anilines is 1. The molecule has 4 nitrogen and oxygen atoms in total. The zero-order valence-corrected chi connectivity index (χ0v) is 16.3. The molecule has 3 aromatic rings. The third-order valence-corrected chi connectivity index (χ3v) is 6.79. The summed E-state index contributed by atoms with van der Waals surface area (Å²) in [7, 11) is 0. The highest BCUT2D eigenvalue weighted by molar-refractivity contribution is 7.20. The van der Waals surface area contributed by atoms with E-state index in [0.717, 1.165) is 25.2 Å². The smallest absolute Gasteiger partial charge is 0.223 e. The van der Waals surface area contributed by atoms with Gasteiger partial charge < -0.3 is 5.32 Å². The van der Waals surface area contributed by atoms with Crippen LogP contribution in [0.3, 0.4) is 0 Å². The Morgan fingerprint density at radius 1 is 1.07 bits per heavy atom. The summed E-state index contributed by atoms with van der Waals surface area (Å²) in [5.41, 5.74) is 3.66. The van der Waals surface area contributed by atoms with Crippen molar-refractivity contribution in [2.45, 2.75) is 57.4 Å². The minimum absolute atomic E-state index is 0.535. The maximum atomic E-state index is 4.93. The molecule has 5 rings (SSSR count). The van der Waals surface area contributed by atoms with E-state index in [4.69, 9.17) is 4.98 Å². The topological polar surface area (TPSA) is 50.7 Å². The summed E-state index contributed by atoms with van der Waals surface area (Å²) in [4.78, 5) is 15.2. The number of rotatable bonds is 3. The molecule has 5 heteroatoms. The monoisotopic (exact) mass is 376 g/mol. The molecule has 138 valence electrons. The van der Waals surface area contributed by atoms with Gasteiger partial charge in [0, 0.05) is 45.2 Å². The number of allylic oxidation sites excluding steroid dienone is 1. The lowest BCUT2D eigenvalue weighted by Crippen LogP contribution is -2.23. The van der Waals surface area contributed by atoms with E-state index in [1.807, 2.05) is 29.9 Å². The van der Waals surface area contributed by atoms with E-state index in [-0.39, 0.29) is 0 Å². The summed E-state index contributed by atoms with van der Waals surface area (Å²) < 4.78 is 1.28. The van der Waals surface area contributed by atoms with Gasteiger partial charge in [0.25, 0.3) is 0 Å². The van der Waals surface area contributed by atoms with Crippen LogP contribution in [0.4, 0.5) is 5.95 Å². The second-order valence-corrected chi connectivity index (χ2v) is 8.65. The normalized spacial score (nSPS) is 18.0. The molecule has 0 bridgehead atoms. The van der Waals surface area contributed by atoms with Crippen molar-refractivity contribution in [3.8, 4) is 0 Å². The van der Waals surface area contributed by atoms with Gasteiger partial charge >= 0.3 is 0 Å². The summed E-state index contributed by atoms with van der Waals surface area (Å²) in [5, 5.41) is 4.79. The first kappa shape index (κ1) is 16.9. The van der Waals surface area contributed by atoms with Gasteiger partial charge in [-0.25, -0.2) is 9.97 Å². The highest BCUT2D eigenvalue weighted by Gasteiger charge is 2.19. The van der Waals surface area contributed by atoms with Gasteiger partial charge in [-0.15, -0.1) is 11.3 Å². The van der Waals surface area contributed by atoms with Crippen molar-refractivity contribution in [1.29, 1.82) is 0 Å². The standard InChI is InChI=1S/C22H24N4S/c1-2-6-16(7-3-1)25-22-24-14-18-17(8-4-5-9-19(18)26-22)21-12-15-13-23-11-10-20(15)27-21/h8,10-14,16H,1-7,9H2,(H,24,25,26). The minimum atomic E-state index is 0.535. The van der Waals surface area contributed by atoms with Gasteiger partial charge in [0.15, 0.2) is 0 Å². The number of hydrogen-bond acceptors (Lipinski definition) is 5. The fourth-order valence-corrected chi connectivity index (χ4v) is 5.29. The lowest BCUT2D eigenvalue weighted by Gasteiger charge is -2.23. The van der Waals surface area contributed by atoms with E-state index < -0.39 is 0 Å². The van der Waals surface area contributed by atoms with Crippen LogP contribution in [0.1, 0.15) is 61.1 Å². The van der Waals surface area contributed by atoms with Gasteiger partial charge in [-0.3, -0.25) is 4.98 Å². The van der Waals surface area contributed by atoms with Crippen molar-refractivity contribution in [2.24, 2.45) is 0 Å². The van der Waals surface area contributed by atoms with Crippen molar-refractivity contribution in [1.82, 2.24) is 15.0 Å². The average molecular weight is 377 g/mol. The van der Waals surface area contributed by atoms with Gasteiger partial charge in [-0.05, 0) is 49.8 Å². The van der Waals surface area contributed by atoms with Crippen LogP contribution < -0.4 is 5.32 Å². The average Bonchev–Trinajstić information content (AvgIpc) is 3.02. The fraction of sp³-hybridized carbons (Fsp3) is 0.409. The number of aryl methyl sites for hydroxylation is 1. The molecule has 0 aliphatic heterocycles. The van der Waals surface area contributed by atoms with Gasteiger partial charge in [-0.1, -0.05) is 25.3 Å². The highest BCUT2D eigenvalue weighted by Crippen LogP contribution is 2.36. The lowest BCUT2D eigenvalue weighted by atomic mass is 9.96. The molecule has 0 saturated heterocycles. The molecule has 0 unspecified atom stereocenters. The van der Waals surface area contributed by atoms with Crippen LogP contribution in [0.15, 0.2) is 36.8 Å². The van der Waals surface area contributed by atoms with E-state index in [9.17, 15) is 0 Å². The summed E-state index contributed by atoms with van der Waals surface area (Å²) >= 11 is 1.83. The van der Waals surface area contributed by atoms with E-state index in [0.29, 0.717) is 6.04 Å². The number of fused-ring (bicyclic) bond motifs is 2. The molecule has 2 aliphatic rings. The summed E-state index contributed by atoms with van der Waals surface area (Å²) in [6.45, 7) is 0.